The molecule has 1 heterocycles. The van der Waals surface area contributed by atoms with Crippen molar-refractivity contribution in [3.05, 3.63) is 30.1 Å². The third kappa shape index (κ3) is 4.15. The van der Waals surface area contributed by atoms with E-state index in [-0.39, 0.29) is 12.0 Å². The summed E-state index contributed by atoms with van der Waals surface area (Å²) in [6, 6.07) is 5.50. The molecule has 0 aromatic carbocycles. The van der Waals surface area contributed by atoms with Crippen LogP contribution in [0.25, 0.3) is 0 Å². The minimum absolute atomic E-state index is 0.295. The van der Waals surface area contributed by atoms with Gasteiger partial charge in [0.2, 0.25) is 0 Å². The maximum absolute atomic E-state index is 11.5. The van der Waals surface area contributed by atoms with Crippen molar-refractivity contribution in [2.45, 2.75) is 25.9 Å². The fraction of sp³-hybridized carbons (Fsp3) is 0.462. The van der Waals surface area contributed by atoms with Gasteiger partial charge in [-0.1, -0.05) is 6.07 Å². The predicted octanol–water partition coefficient (Wildman–Crippen LogP) is 1.36. The molecule has 0 fully saturated rings. The summed E-state index contributed by atoms with van der Waals surface area (Å²) >= 11 is 0. The molecule has 0 amide bonds. The van der Waals surface area contributed by atoms with Gasteiger partial charge in [0, 0.05) is 31.9 Å². The van der Waals surface area contributed by atoms with E-state index in [1.165, 1.54) is 7.11 Å². The Hall–Kier alpha value is -1.93. The van der Waals surface area contributed by atoms with Crippen molar-refractivity contribution in [3.8, 4) is 6.07 Å². The van der Waals surface area contributed by atoms with Crippen molar-refractivity contribution in [2.75, 3.05) is 13.7 Å². The molecule has 5 nitrogen and oxygen atoms in total. The molecule has 1 aromatic rings. The first-order valence-electron chi connectivity index (χ1n) is 5.76. The van der Waals surface area contributed by atoms with Crippen LogP contribution in [0, 0.1) is 11.3 Å². The maximum Gasteiger partial charge on any atom is 0.322 e. The van der Waals surface area contributed by atoms with Gasteiger partial charge in [-0.25, -0.2) is 0 Å². The van der Waals surface area contributed by atoms with Gasteiger partial charge in [-0.2, -0.15) is 5.26 Å². The number of ether oxygens (including phenoxy) is 1. The molecule has 18 heavy (non-hydrogen) atoms. The van der Waals surface area contributed by atoms with E-state index in [2.05, 4.69) is 11.1 Å². The van der Waals surface area contributed by atoms with Crippen LogP contribution in [0.4, 0.5) is 0 Å². The normalized spacial score (nSPS) is 11.9. The number of nitrogens with zero attached hydrogens (tertiary/aromatic N) is 3. The molecule has 0 aliphatic heterocycles. The molecular formula is C13H17N3O2. The van der Waals surface area contributed by atoms with Crippen LogP contribution in [-0.4, -0.2) is 35.5 Å². The topological polar surface area (TPSA) is 66.2 Å². The van der Waals surface area contributed by atoms with Gasteiger partial charge < -0.3 is 4.74 Å². The van der Waals surface area contributed by atoms with Gasteiger partial charge in [-0.15, -0.1) is 0 Å². The lowest BCUT2D eigenvalue weighted by atomic mass is 10.2. The molecule has 0 saturated carbocycles. The summed E-state index contributed by atoms with van der Waals surface area (Å²) in [5, 5.41) is 8.65. The second-order valence-corrected chi connectivity index (χ2v) is 3.94. The molecule has 0 radical (unpaired) electrons. The number of pyridine rings is 1. The molecule has 96 valence electrons. The number of hydrogen-bond acceptors (Lipinski definition) is 5. The van der Waals surface area contributed by atoms with Crippen LogP contribution in [0.3, 0.4) is 0 Å². The highest BCUT2D eigenvalue weighted by atomic mass is 16.5. The van der Waals surface area contributed by atoms with Crippen LogP contribution < -0.4 is 0 Å². The zero-order chi connectivity index (χ0) is 13.4. The van der Waals surface area contributed by atoms with E-state index in [4.69, 9.17) is 10.00 Å². The van der Waals surface area contributed by atoms with Crippen molar-refractivity contribution >= 4 is 5.97 Å². The summed E-state index contributed by atoms with van der Waals surface area (Å²) in [5.41, 5.74) is 1.01. The average Bonchev–Trinajstić information content (AvgIpc) is 2.42. The van der Waals surface area contributed by atoms with E-state index in [0.29, 0.717) is 19.5 Å². The third-order valence-electron chi connectivity index (χ3n) is 2.71. The Morgan fingerprint density at radius 1 is 1.67 bits per heavy atom. The summed E-state index contributed by atoms with van der Waals surface area (Å²) in [7, 11) is 1.37. The smallest absolute Gasteiger partial charge is 0.322 e. The van der Waals surface area contributed by atoms with Crippen molar-refractivity contribution < 1.29 is 9.53 Å². The quantitative estimate of drug-likeness (QED) is 0.710. The molecule has 1 aromatic heterocycles. The number of rotatable bonds is 6. The van der Waals surface area contributed by atoms with Gasteiger partial charge in [-0.05, 0) is 18.6 Å². The Morgan fingerprint density at radius 3 is 3.00 bits per heavy atom. The van der Waals surface area contributed by atoms with Crippen LogP contribution in [0.1, 0.15) is 18.9 Å². The zero-order valence-electron chi connectivity index (χ0n) is 10.7. The Morgan fingerprint density at radius 2 is 2.44 bits per heavy atom. The molecule has 0 aliphatic carbocycles. The van der Waals surface area contributed by atoms with E-state index in [0.717, 1.165) is 5.56 Å². The van der Waals surface area contributed by atoms with Crippen LogP contribution in [-0.2, 0) is 16.1 Å². The molecule has 1 atom stereocenters. The number of methoxy groups -OCH3 is 1. The summed E-state index contributed by atoms with van der Waals surface area (Å²) < 4.78 is 4.73. The molecule has 0 saturated heterocycles. The number of carbonyl (C=O) groups is 1. The maximum atomic E-state index is 11.5. The SMILES string of the molecule is COC(=O)C(C)N(CCC#N)Cc1cccnc1. The van der Waals surface area contributed by atoms with Crippen molar-refractivity contribution in [3.63, 3.8) is 0 Å². The first kappa shape index (κ1) is 14.1. The highest BCUT2D eigenvalue weighted by molar-refractivity contribution is 5.75. The van der Waals surface area contributed by atoms with Gasteiger partial charge in [0.15, 0.2) is 0 Å². The fourth-order valence-electron chi connectivity index (χ4n) is 1.65. The highest BCUT2D eigenvalue weighted by Gasteiger charge is 2.21. The second kappa shape index (κ2) is 7.41. The lowest BCUT2D eigenvalue weighted by molar-refractivity contribution is -0.146. The molecule has 0 bridgehead atoms. The van der Waals surface area contributed by atoms with E-state index in [9.17, 15) is 4.79 Å². The highest BCUT2D eigenvalue weighted by Crippen LogP contribution is 2.09. The molecular weight excluding hydrogens is 230 g/mol. The Kier molecular flexibility index (Phi) is 5.81. The van der Waals surface area contributed by atoms with Crippen LogP contribution in [0.15, 0.2) is 24.5 Å². The van der Waals surface area contributed by atoms with E-state index in [1.807, 2.05) is 17.0 Å². The van der Waals surface area contributed by atoms with Gasteiger partial charge in [0.05, 0.1) is 13.2 Å². The standard InChI is InChI=1S/C13H17N3O2/c1-11(13(17)18-2)16(8-4-6-14)10-12-5-3-7-15-9-12/h3,5,7,9,11H,4,8,10H2,1-2H3. The lowest BCUT2D eigenvalue weighted by Gasteiger charge is -2.26. The van der Waals surface area contributed by atoms with E-state index < -0.39 is 0 Å². The largest absolute Gasteiger partial charge is 0.468 e. The molecule has 1 unspecified atom stereocenters. The molecule has 0 spiro atoms. The minimum atomic E-state index is -0.372. The van der Waals surface area contributed by atoms with Gasteiger partial charge in [0.1, 0.15) is 6.04 Å². The van der Waals surface area contributed by atoms with Crippen LogP contribution in [0.2, 0.25) is 0 Å². The zero-order valence-corrected chi connectivity index (χ0v) is 10.7. The first-order chi connectivity index (χ1) is 8.69. The average molecular weight is 247 g/mol. The fourth-order valence-corrected chi connectivity index (χ4v) is 1.65. The summed E-state index contributed by atoms with van der Waals surface area (Å²) in [5.74, 6) is -0.295. The second-order valence-electron chi connectivity index (χ2n) is 3.94. The van der Waals surface area contributed by atoms with Crippen molar-refractivity contribution in [1.29, 1.82) is 5.26 Å². The van der Waals surface area contributed by atoms with Crippen LogP contribution >= 0.6 is 0 Å². The Labute approximate surface area is 107 Å². The Bertz CT molecular complexity index is 414. The molecule has 0 N–H and O–H groups in total. The van der Waals surface area contributed by atoms with E-state index in [1.54, 1.807) is 19.3 Å². The minimum Gasteiger partial charge on any atom is -0.468 e. The van der Waals surface area contributed by atoms with Gasteiger partial charge in [-0.3, -0.25) is 14.7 Å². The summed E-state index contributed by atoms with van der Waals surface area (Å²) in [6.07, 6.45) is 3.83. The monoisotopic (exact) mass is 247 g/mol. The first-order valence-corrected chi connectivity index (χ1v) is 5.76. The number of aromatic nitrogens is 1. The predicted molar refractivity (Wildman–Crippen MR) is 66.4 cm³/mol. The van der Waals surface area contributed by atoms with Gasteiger partial charge in [0.25, 0.3) is 0 Å². The lowest BCUT2D eigenvalue weighted by Crippen LogP contribution is -2.39. The molecule has 0 aliphatic rings. The Balaban J connectivity index is 2.72. The number of esters is 1. The summed E-state index contributed by atoms with van der Waals surface area (Å²) in [6.45, 7) is 2.88. The molecule has 1 rings (SSSR count). The van der Waals surface area contributed by atoms with E-state index >= 15 is 0 Å². The number of carbonyl (C=O) groups excluding carboxylic acids is 1. The molecule has 5 heteroatoms. The number of nitriles is 1. The third-order valence-corrected chi connectivity index (χ3v) is 2.71. The van der Waals surface area contributed by atoms with Crippen LogP contribution in [0.5, 0.6) is 0 Å². The van der Waals surface area contributed by atoms with Crippen molar-refractivity contribution in [2.24, 2.45) is 0 Å². The summed E-state index contributed by atoms with van der Waals surface area (Å²) in [4.78, 5) is 17.5. The van der Waals surface area contributed by atoms with Gasteiger partial charge >= 0.3 is 5.97 Å². The number of hydrogen-bond donors (Lipinski definition) is 0. The van der Waals surface area contributed by atoms with Crippen molar-refractivity contribution in [1.82, 2.24) is 9.88 Å².